The van der Waals surface area contributed by atoms with Crippen molar-refractivity contribution < 1.29 is 35.0 Å². The normalized spacial score (nSPS) is 32.3. The summed E-state index contributed by atoms with van der Waals surface area (Å²) in [5.41, 5.74) is 0.765. The molecule has 0 amide bonds. The molecule has 22 heavy (non-hydrogen) atoms. The maximum Gasteiger partial charge on any atom is 0.229 e. The minimum Gasteiger partial charge on any atom is -0.504 e. The number of phenolic OH excluding ortho intramolecular Hbond substituents is 1. The van der Waals surface area contributed by atoms with Gasteiger partial charge in [-0.1, -0.05) is 18.2 Å². The molecule has 1 fully saturated rings. The first-order valence-corrected chi connectivity index (χ1v) is 6.90. The van der Waals surface area contributed by atoms with Crippen LogP contribution >= 0.6 is 0 Å². The number of hydrogen-bond donors (Lipinski definition) is 5. The van der Waals surface area contributed by atoms with Crippen LogP contribution in [0.1, 0.15) is 12.5 Å². The SMILES string of the molecule is C/C=C/c1ccc(O[C@@H]2O[C@H](CO)[C@@H](O)[C@H](O)[C@H]2O)c(O)c1. The predicted molar refractivity (Wildman–Crippen MR) is 77.2 cm³/mol. The van der Waals surface area contributed by atoms with Crippen LogP contribution in [0.3, 0.4) is 0 Å². The minimum atomic E-state index is -1.53. The van der Waals surface area contributed by atoms with Gasteiger partial charge in [0.15, 0.2) is 11.5 Å². The van der Waals surface area contributed by atoms with E-state index in [1.807, 2.05) is 13.0 Å². The molecular weight excluding hydrogens is 292 g/mol. The van der Waals surface area contributed by atoms with Gasteiger partial charge in [0.2, 0.25) is 6.29 Å². The number of allylic oxidation sites excluding steroid dienone is 1. The molecule has 5 N–H and O–H groups in total. The van der Waals surface area contributed by atoms with Crippen molar-refractivity contribution in [1.29, 1.82) is 0 Å². The molecule has 0 spiro atoms. The van der Waals surface area contributed by atoms with E-state index in [0.29, 0.717) is 0 Å². The quantitative estimate of drug-likeness (QED) is 0.513. The maximum atomic E-state index is 9.92. The van der Waals surface area contributed by atoms with Gasteiger partial charge < -0.3 is 35.0 Å². The Morgan fingerprint density at radius 3 is 2.50 bits per heavy atom. The second-order valence-electron chi connectivity index (χ2n) is 5.04. The lowest BCUT2D eigenvalue weighted by Gasteiger charge is -2.39. The second-order valence-corrected chi connectivity index (χ2v) is 5.04. The molecule has 0 unspecified atom stereocenters. The van der Waals surface area contributed by atoms with Crippen LogP contribution < -0.4 is 4.74 Å². The Morgan fingerprint density at radius 2 is 1.91 bits per heavy atom. The standard InChI is InChI=1S/C15H20O7/c1-2-3-8-4-5-10(9(17)6-8)21-15-14(20)13(19)12(18)11(7-16)22-15/h2-6,11-20H,7H2,1H3/b3-2+/t11-,12-,13+,14-,15-/m1/s1. The summed E-state index contributed by atoms with van der Waals surface area (Å²) in [4.78, 5) is 0. The summed E-state index contributed by atoms with van der Waals surface area (Å²) >= 11 is 0. The molecule has 5 atom stereocenters. The fraction of sp³-hybridized carbons (Fsp3) is 0.467. The Bertz CT molecular complexity index is 529. The van der Waals surface area contributed by atoms with Gasteiger partial charge in [-0.2, -0.15) is 0 Å². The number of benzene rings is 1. The summed E-state index contributed by atoms with van der Waals surface area (Å²) in [7, 11) is 0. The van der Waals surface area contributed by atoms with E-state index in [-0.39, 0.29) is 11.5 Å². The van der Waals surface area contributed by atoms with Crippen molar-refractivity contribution in [3.05, 3.63) is 29.8 Å². The third kappa shape index (κ3) is 3.40. The van der Waals surface area contributed by atoms with Gasteiger partial charge in [0, 0.05) is 0 Å². The van der Waals surface area contributed by atoms with Crippen LogP contribution in [-0.2, 0) is 4.74 Å². The smallest absolute Gasteiger partial charge is 0.229 e. The Morgan fingerprint density at radius 1 is 1.18 bits per heavy atom. The largest absolute Gasteiger partial charge is 0.504 e. The van der Waals surface area contributed by atoms with E-state index in [1.165, 1.54) is 12.1 Å². The summed E-state index contributed by atoms with van der Waals surface area (Å²) in [6, 6.07) is 4.66. The van der Waals surface area contributed by atoms with Gasteiger partial charge in [0.1, 0.15) is 24.4 Å². The number of rotatable bonds is 4. The van der Waals surface area contributed by atoms with Gasteiger partial charge in [0.05, 0.1) is 6.61 Å². The van der Waals surface area contributed by atoms with Crippen molar-refractivity contribution in [2.45, 2.75) is 37.6 Å². The maximum absolute atomic E-state index is 9.92. The van der Waals surface area contributed by atoms with E-state index < -0.39 is 37.3 Å². The van der Waals surface area contributed by atoms with Crippen molar-refractivity contribution in [1.82, 2.24) is 0 Å². The third-order valence-electron chi connectivity index (χ3n) is 3.43. The number of hydrogen-bond acceptors (Lipinski definition) is 7. The zero-order valence-corrected chi connectivity index (χ0v) is 12.0. The van der Waals surface area contributed by atoms with Crippen LogP contribution in [0.15, 0.2) is 24.3 Å². The van der Waals surface area contributed by atoms with Gasteiger partial charge in [-0.25, -0.2) is 0 Å². The second kappa shape index (κ2) is 7.08. The average Bonchev–Trinajstić information content (AvgIpc) is 2.50. The van der Waals surface area contributed by atoms with Crippen LogP contribution in [0.4, 0.5) is 0 Å². The fourth-order valence-electron chi connectivity index (χ4n) is 2.22. The summed E-state index contributed by atoms with van der Waals surface area (Å²) in [6.07, 6.45) is -3.29. The minimum absolute atomic E-state index is 0.0533. The Balaban J connectivity index is 2.15. The summed E-state index contributed by atoms with van der Waals surface area (Å²) in [6.45, 7) is 1.30. The number of aliphatic hydroxyl groups is 4. The average molecular weight is 312 g/mol. The van der Waals surface area contributed by atoms with Crippen LogP contribution in [0, 0.1) is 0 Å². The first-order valence-electron chi connectivity index (χ1n) is 6.90. The summed E-state index contributed by atoms with van der Waals surface area (Å²) in [5.74, 6) is -0.106. The Kier molecular flexibility index (Phi) is 5.38. The number of phenols is 1. The summed E-state index contributed by atoms with van der Waals surface area (Å²) in [5, 5.41) is 48.3. The molecule has 2 rings (SSSR count). The molecule has 1 aromatic rings. The predicted octanol–water partition coefficient (Wildman–Crippen LogP) is -0.396. The van der Waals surface area contributed by atoms with Gasteiger partial charge in [-0.05, 0) is 24.6 Å². The lowest BCUT2D eigenvalue weighted by molar-refractivity contribution is -0.277. The van der Waals surface area contributed by atoms with Crippen molar-refractivity contribution in [2.75, 3.05) is 6.61 Å². The highest BCUT2D eigenvalue weighted by molar-refractivity contribution is 5.55. The molecule has 0 aromatic heterocycles. The molecule has 0 radical (unpaired) electrons. The van der Waals surface area contributed by atoms with E-state index in [1.54, 1.807) is 12.1 Å². The molecule has 122 valence electrons. The molecule has 1 heterocycles. The summed E-state index contributed by atoms with van der Waals surface area (Å²) < 4.78 is 10.6. The number of ether oxygens (including phenoxy) is 2. The third-order valence-corrected chi connectivity index (χ3v) is 3.43. The molecule has 1 aromatic carbocycles. The van der Waals surface area contributed by atoms with Crippen molar-refractivity contribution >= 4 is 6.08 Å². The Hall–Kier alpha value is -1.64. The van der Waals surface area contributed by atoms with Crippen LogP contribution in [0.2, 0.25) is 0 Å². The zero-order valence-electron chi connectivity index (χ0n) is 12.0. The molecule has 0 bridgehead atoms. The molecular formula is C15H20O7. The molecule has 7 nitrogen and oxygen atoms in total. The molecule has 7 heteroatoms. The van der Waals surface area contributed by atoms with Crippen molar-refractivity contribution in [3.8, 4) is 11.5 Å². The zero-order chi connectivity index (χ0) is 16.3. The van der Waals surface area contributed by atoms with E-state index in [4.69, 9.17) is 14.6 Å². The monoisotopic (exact) mass is 312 g/mol. The van der Waals surface area contributed by atoms with Gasteiger partial charge in [0.25, 0.3) is 0 Å². The van der Waals surface area contributed by atoms with Crippen LogP contribution in [-0.4, -0.2) is 62.8 Å². The molecule has 1 aliphatic rings. The highest BCUT2D eigenvalue weighted by atomic mass is 16.7. The molecule has 1 aliphatic heterocycles. The highest BCUT2D eigenvalue weighted by Crippen LogP contribution is 2.31. The first kappa shape index (κ1) is 16.7. The highest BCUT2D eigenvalue weighted by Gasteiger charge is 2.44. The Labute approximate surface area is 127 Å². The fourth-order valence-corrected chi connectivity index (χ4v) is 2.22. The topological polar surface area (TPSA) is 120 Å². The van der Waals surface area contributed by atoms with Gasteiger partial charge in [-0.15, -0.1) is 0 Å². The molecule has 0 aliphatic carbocycles. The first-order chi connectivity index (χ1) is 10.5. The van der Waals surface area contributed by atoms with E-state index >= 15 is 0 Å². The van der Waals surface area contributed by atoms with E-state index in [9.17, 15) is 20.4 Å². The van der Waals surface area contributed by atoms with E-state index in [0.717, 1.165) is 5.56 Å². The van der Waals surface area contributed by atoms with Gasteiger partial charge in [-0.3, -0.25) is 0 Å². The lowest BCUT2D eigenvalue weighted by atomic mass is 9.99. The van der Waals surface area contributed by atoms with Crippen LogP contribution in [0.25, 0.3) is 6.08 Å². The van der Waals surface area contributed by atoms with Gasteiger partial charge >= 0.3 is 0 Å². The van der Waals surface area contributed by atoms with E-state index in [2.05, 4.69) is 0 Å². The number of aromatic hydroxyl groups is 1. The van der Waals surface area contributed by atoms with Crippen molar-refractivity contribution in [2.24, 2.45) is 0 Å². The van der Waals surface area contributed by atoms with Crippen LogP contribution in [0.5, 0.6) is 11.5 Å². The number of aliphatic hydroxyl groups excluding tert-OH is 4. The molecule has 0 saturated carbocycles. The lowest BCUT2D eigenvalue weighted by Crippen LogP contribution is -2.60. The van der Waals surface area contributed by atoms with Crippen molar-refractivity contribution in [3.63, 3.8) is 0 Å². The molecule has 1 saturated heterocycles.